The largest absolute Gasteiger partial charge is 0.497 e. The fourth-order valence-corrected chi connectivity index (χ4v) is 3.83. The standard InChI is InChI=1S/C24H28N2O4/c1-26(12-9-17-10-13-29-14-11-17)24(27)19-5-8-21-22(16-19)30-23(25-21)15-18-3-6-20(28-2)7-4-18/h3-8,16-17H,9-15H2,1-2H3. The second-order valence-corrected chi connectivity index (χ2v) is 7.89. The first-order valence-corrected chi connectivity index (χ1v) is 10.5. The molecule has 0 radical (unpaired) electrons. The number of benzene rings is 2. The van der Waals surface area contributed by atoms with E-state index in [9.17, 15) is 4.79 Å². The molecule has 1 fully saturated rings. The molecule has 1 aromatic heterocycles. The lowest BCUT2D eigenvalue weighted by Crippen LogP contribution is -2.30. The van der Waals surface area contributed by atoms with Gasteiger partial charge in [-0.15, -0.1) is 0 Å². The molecule has 0 saturated carbocycles. The molecule has 1 aliphatic rings. The number of amides is 1. The van der Waals surface area contributed by atoms with Crippen LogP contribution in [0, 0.1) is 5.92 Å². The molecule has 2 aromatic carbocycles. The van der Waals surface area contributed by atoms with E-state index in [0.717, 1.165) is 55.9 Å². The molecule has 1 saturated heterocycles. The number of hydrogen-bond donors (Lipinski definition) is 0. The number of methoxy groups -OCH3 is 1. The molecule has 0 N–H and O–H groups in total. The van der Waals surface area contributed by atoms with Gasteiger partial charge in [0.15, 0.2) is 11.5 Å². The summed E-state index contributed by atoms with van der Waals surface area (Å²) in [6, 6.07) is 13.3. The molecular formula is C24H28N2O4. The van der Waals surface area contributed by atoms with Crippen LogP contribution < -0.4 is 4.74 Å². The average Bonchev–Trinajstić information content (AvgIpc) is 3.19. The Kier molecular flexibility index (Phi) is 6.33. The molecule has 0 aliphatic carbocycles. The molecular weight excluding hydrogens is 380 g/mol. The van der Waals surface area contributed by atoms with Crippen molar-refractivity contribution in [1.82, 2.24) is 9.88 Å². The number of hydrogen-bond acceptors (Lipinski definition) is 5. The lowest BCUT2D eigenvalue weighted by Gasteiger charge is -2.25. The number of fused-ring (bicyclic) bond motifs is 1. The van der Waals surface area contributed by atoms with Gasteiger partial charge in [0.2, 0.25) is 0 Å². The minimum atomic E-state index is 0.0112. The molecule has 1 aliphatic heterocycles. The second-order valence-electron chi connectivity index (χ2n) is 7.89. The van der Waals surface area contributed by atoms with Crippen molar-refractivity contribution in [3.8, 4) is 5.75 Å². The molecule has 158 valence electrons. The summed E-state index contributed by atoms with van der Waals surface area (Å²) in [6.45, 7) is 2.42. The van der Waals surface area contributed by atoms with Crippen molar-refractivity contribution in [3.63, 3.8) is 0 Å². The number of carbonyl (C=O) groups is 1. The zero-order chi connectivity index (χ0) is 20.9. The van der Waals surface area contributed by atoms with E-state index in [1.807, 2.05) is 43.4 Å². The quantitative estimate of drug-likeness (QED) is 0.583. The zero-order valence-electron chi connectivity index (χ0n) is 17.6. The second kappa shape index (κ2) is 9.30. The normalized spacial score (nSPS) is 14.7. The summed E-state index contributed by atoms with van der Waals surface area (Å²) in [6.07, 6.45) is 3.78. The number of rotatable bonds is 7. The number of carbonyl (C=O) groups excluding carboxylic acids is 1. The number of oxazole rings is 1. The molecule has 1 amide bonds. The minimum Gasteiger partial charge on any atom is -0.497 e. The van der Waals surface area contributed by atoms with Crippen LogP contribution in [0.2, 0.25) is 0 Å². The zero-order valence-corrected chi connectivity index (χ0v) is 17.6. The van der Waals surface area contributed by atoms with Gasteiger partial charge in [-0.3, -0.25) is 4.79 Å². The summed E-state index contributed by atoms with van der Waals surface area (Å²) >= 11 is 0. The van der Waals surface area contributed by atoms with Gasteiger partial charge in [-0.25, -0.2) is 4.98 Å². The molecule has 6 heteroatoms. The van der Waals surface area contributed by atoms with Gasteiger partial charge in [-0.2, -0.15) is 0 Å². The average molecular weight is 408 g/mol. The predicted octanol–water partition coefficient (Wildman–Crippen LogP) is 4.32. The van der Waals surface area contributed by atoms with Gasteiger partial charge in [-0.05, 0) is 61.1 Å². The third-order valence-electron chi connectivity index (χ3n) is 5.75. The van der Waals surface area contributed by atoms with Gasteiger partial charge in [0, 0.05) is 38.8 Å². The van der Waals surface area contributed by atoms with E-state index < -0.39 is 0 Å². The fraction of sp³-hybridized carbons (Fsp3) is 0.417. The van der Waals surface area contributed by atoms with E-state index in [2.05, 4.69) is 4.98 Å². The molecule has 2 heterocycles. The van der Waals surface area contributed by atoms with Gasteiger partial charge in [0.25, 0.3) is 5.91 Å². The van der Waals surface area contributed by atoms with Crippen LogP contribution in [0.1, 0.15) is 41.1 Å². The van der Waals surface area contributed by atoms with Crippen LogP contribution in [-0.4, -0.2) is 49.7 Å². The third kappa shape index (κ3) is 4.82. The van der Waals surface area contributed by atoms with Crippen molar-refractivity contribution in [2.24, 2.45) is 5.92 Å². The van der Waals surface area contributed by atoms with Gasteiger partial charge >= 0.3 is 0 Å². The highest BCUT2D eigenvalue weighted by Gasteiger charge is 2.18. The van der Waals surface area contributed by atoms with Crippen LogP contribution in [0.25, 0.3) is 11.1 Å². The van der Waals surface area contributed by atoms with Crippen molar-refractivity contribution < 1.29 is 18.7 Å². The highest BCUT2D eigenvalue weighted by Crippen LogP contribution is 2.22. The summed E-state index contributed by atoms with van der Waals surface area (Å²) in [5, 5.41) is 0. The summed E-state index contributed by atoms with van der Waals surface area (Å²) in [5.74, 6) is 2.11. The smallest absolute Gasteiger partial charge is 0.253 e. The van der Waals surface area contributed by atoms with Crippen molar-refractivity contribution >= 4 is 17.0 Å². The summed E-state index contributed by atoms with van der Waals surface area (Å²) < 4.78 is 16.5. The summed E-state index contributed by atoms with van der Waals surface area (Å²) in [5.41, 5.74) is 3.12. The van der Waals surface area contributed by atoms with E-state index in [1.54, 1.807) is 18.1 Å². The van der Waals surface area contributed by atoms with Crippen LogP contribution in [0.3, 0.4) is 0 Å². The van der Waals surface area contributed by atoms with E-state index in [4.69, 9.17) is 13.9 Å². The number of nitrogens with zero attached hydrogens (tertiary/aromatic N) is 2. The van der Waals surface area contributed by atoms with E-state index in [1.165, 1.54) is 0 Å². The van der Waals surface area contributed by atoms with E-state index in [0.29, 0.717) is 29.4 Å². The van der Waals surface area contributed by atoms with Crippen molar-refractivity contribution in [3.05, 3.63) is 59.5 Å². The lowest BCUT2D eigenvalue weighted by molar-refractivity contribution is 0.0583. The van der Waals surface area contributed by atoms with Crippen molar-refractivity contribution in [1.29, 1.82) is 0 Å². The summed E-state index contributed by atoms with van der Waals surface area (Å²) in [4.78, 5) is 19.2. The molecule has 3 aromatic rings. The monoisotopic (exact) mass is 408 g/mol. The SMILES string of the molecule is COc1ccc(Cc2nc3ccc(C(=O)N(C)CCC4CCOCC4)cc3o2)cc1. The van der Waals surface area contributed by atoms with Crippen LogP contribution in [0.15, 0.2) is 46.9 Å². The van der Waals surface area contributed by atoms with Crippen LogP contribution in [0.5, 0.6) is 5.75 Å². The molecule has 0 spiro atoms. The molecule has 6 nitrogen and oxygen atoms in total. The fourth-order valence-electron chi connectivity index (χ4n) is 3.83. The van der Waals surface area contributed by atoms with Gasteiger partial charge in [-0.1, -0.05) is 12.1 Å². The van der Waals surface area contributed by atoms with Crippen molar-refractivity contribution in [2.75, 3.05) is 33.9 Å². The summed E-state index contributed by atoms with van der Waals surface area (Å²) in [7, 11) is 3.51. The first-order valence-electron chi connectivity index (χ1n) is 10.5. The highest BCUT2D eigenvalue weighted by molar-refractivity contribution is 5.96. The Hall–Kier alpha value is -2.86. The third-order valence-corrected chi connectivity index (χ3v) is 5.75. The molecule has 0 atom stereocenters. The Labute approximate surface area is 176 Å². The Morgan fingerprint density at radius 2 is 1.93 bits per heavy atom. The maximum atomic E-state index is 12.8. The van der Waals surface area contributed by atoms with Gasteiger partial charge < -0.3 is 18.8 Å². The Balaban J connectivity index is 1.41. The van der Waals surface area contributed by atoms with E-state index >= 15 is 0 Å². The highest BCUT2D eigenvalue weighted by atomic mass is 16.5. The number of aromatic nitrogens is 1. The Bertz CT molecular complexity index is 990. The minimum absolute atomic E-state index is 0.0112. The van der Waals surface area contributed by atoms with Crippen LogP contribution in [0.4, 0.5) is 0 Å². The maximum Gasteiger partial charge on any atom is 0.253 e. The van der Waals surface area contributed by atoms with Crippen molar-refractivity contribution in [2.45, 2.75) is 25.7 Å². The molecule has 30 heavy (non-hydrogen) atoms. The van der Waals surface area contributed by atoms with Gasteiger partial charge in [0.05, 0.1) is 7.11 Å². The van der Waals surface area contributed by atoms with E-state index in [-0.39, 0.29) is 5.91 Å². The Morgan fingerprint density at radius 1 is 1.17 bits per heavy atom. The Morgan fingerprint density at radius 3 is 2.67 bits per heavy atom. The first-order chi connectivity index (χ1) is 14.6. The topological polar surface area (TPSA) is 64.8 Å². The predicted molar refractivity (Wildman–Crippen MR) is 115 cm³/mol. The maximum absolute atomic E-state index is 12.8. The number of ether oxygens (including phenoxy) is 2. The molecule has 0 unspecified atom stereocenters. The van der Waals surface area contributed by atoms with Crippen LogP contribution >= 0.6 is 0 Å². The first kappa shape index (κ1) is 20.4. The molecule has 0 bridgehead atoms. The molecule has 4 rings (SSSR count). The van der Waals surface area contributed by atoms with Crippen LogP contribution in [-0.2, 0) is 11.2 Å². The van der Waals surface area contributed by atoms with Gasteiger partial charge in [0.1, 0.15) is 11.3 Å². The lowest BCUT2D eigenvalue weighted by atomic mass is 9.96.